The minimum Gasteiger partial charge on any atom is -0.456 e. The maximum atomic E-state index is 9.42. The van der Waals surface area contributed by atoms with E-state index in [1.54, 1.807) is 12.1 Å². The van der Waals surface area contributed by atoms with Gasteiger partial charge < -0.3 is 4.42 Å². The Kier molecular flexibility index (Phi) is 4.78. The Balaban J connectivity index is 1.24. The van der Waals surface area contributed by atoms with Gasteiger partial charge in [-0.3, -0.25) is 0 Å². The Morgan fingerprint density at radius 3 is 1.67 bits per heavy atom. The van der Waals surface area contributed by atoms with Gasteiger partial charge in [0.2, 0.25) is 0 Å². The van der Waals surface area contributed by atoms with Gasteiger partial charge in [-0.05, 0) is 57.6 Å². The van der Waals surface area contributed by atoms with Crippen LogP contribution in [0.15, 0.2) is 180 Å². The van der Waals surface area contributed by atoms with E-state index in [0.717, 1.165) is 22.3 Å². The van der Waals surface area contributed by atoms with E-state index in [2.05, 4.69) is 24.3 Å². The topological polar surface area (TPSA) is 51.8 Å². The molecule has 0 fully saturated rings. The van der Waals surface area contributed by atoms with Crippen LogP contribution >= 0.6 is 0 Å². The molecule has 49 heavy (non-hydrogen) atoms. The second kappa shape index (κ2) is 12.2. The molecule has 0 saturated heterocycles. The molecule has 230 valence electrons. The summed E-state index contributed by atoms with van der Waals surface area (Å²) in [7, 11) is 0. The highest BCUT2D eigenvalue weighted by Gasteiger charge is 2.16. The molecule has 0 bridgehead atoms. The molecule has 2 heterocycles. The highest BCUT2D eigenvalue weighted by Crippen LogP contribution is 2.38. The quantitative estimate of drug-likeness (QED) is 0.182. The normalized spacial score (nSPS) is 14.4. The lowest BCUT2D eigenvalue weighted by Crippen LogP contribution is -2.00. The average Bonchev–Trinajstić information content (AvgIpc) is 3.69. The molecule has 0 saturated carbocycles. The maximum Gasteiger partial charge on any atom is 0.164 e. The molecular formula is C45H29N3O. The first-order valence-corrected chi connectivity index (χ1v) is 15.5. The highest BCUT2D eigenvalue weighted by molar-refractivity contribution is 6.13. The third-order valence-corrected chi connectivity index (χ3v) is 8.16. The van der Waals surface area contributed by atoms with Crippen LogP contribution in [-0.2, 0) is 0 Å². The number of nitrogens with zero attached hydrogens (tertiary/aromatic N) is 3. The molecule has 4 heteroatoms. The molecule has 0 radical (unpaired) electrons. The molecule has 0 amide bonds. The molecule has 0 unspecified atom stereocenters. The van der Waals surface area contributed by atoms with E-state index in [4.69, 9.17) is 30.3 Å². The van der Waals surface area contributed by atoms with Crippen LogP contribution < -0.4 is 0 Å². The van der Waals surface area contributed by atoms with Crippen molar-refractivity contribution in [2.75, 3.05) is 0 Å². The number of rotatable bonds is 6. The fraction of sp³-hybridized carbons (Fsp3) is 0. The van der Waals surface area contributed by atoms with Crippen molar-refractivity contribution in [1.29, 1.82) is 0 Å². The Bertz CT molecular complexity index is 3180. The van der Waals surface area contributed by atoms with Crippen molar-refractivity contribution in [2.45, 2.75) is 0 Å². The summed E-state index contributed by atoms with van der Waals surface area (Å²) >= 11 is 0. The van der Waals surface area contributed by atoms with Crippen molar-refractivity contribution in [1.82, 2.24) is 15.0 Å². The summed E-state index contributed by atoms with van der Waals surface area (Å²) in [4.78, 5) is 14.2. The number of hydrogen-bond acceptors (Lipinski definition) is 4. The molecule has 0 aliphatic rings. The zero-order chi connectivity index (χ0) is 42.1. The summed E-state index contributed by atoms with van der Waals surface area (Å²) in [6, 6.07) is 28.3. The number of furan rings is 1. The minimum atomic E-state index is -0.685. The van der Waals surface area contributed by atoms with E-state index in [1.165, 1.54) is 0 Å². The molecule has 2 aromatic heterocycles. The largest absolute Gasteiger partial charge is 0.456 e. The van der Waals surface area contributed by atoms with Crippen LogP contribution in [0.25, 0.3) is 89.5 Å². The van der Waals surface area contributed by atoms with Crippen molar-refractivity contribution < 1.29 is 19.5 Å². The van der Waals surface area contributed by atoms with E-state index < -0.39 is 72.0 Å². The second-order valence-corrected chi connectivity index (χ2v) is 11.2. The van der Waals surface area contributed by atoms with Crippen LogP contribution in [0.2, 0.25) is 0 Å². The van der Waals surface area contributed by atoms with Crippen LogP contribution in [-0.4, -0.2) is 15.0 Å². The molecule has 9 aromatic rings. The number of hydrogen-bond donors (Lipinski definition) is 0. The number of fused-ring (bicyclic) bond motifs is 3. The molecule has 7 aromatic carbocycles. The van der Waals surface area contributed by atoms with Gasteiger partial charge in [0.05, 0.1) is 15.1 Å². The van der Waals surface area contributed by atoms with E-state index >= 15 is 0 Å². The molecule has 0 spiro atoms. The Morgan fingerprint density at radius 2 is 0.980 bits per heavy atom. The predicted octanol–water partition coefficient (Wildman–Crippen LogP) is 11.8. The summed E-state index contributed by atoms with van der Waals surface area (Å²) in [6.07, 6.45) is 0. The molecular weight excluding hydrogens is 599 g/mol. The third kappa shape index (κ3) is 5.45. The fourth-order valence-electron chi connectivity index (χ4n) is 5.78. The molecule has 4 nitrogen and oxygen atoms in total. The van der Waals surface area contributed by atoms with Gasteiger partial charge in [-0.15, -0.1) is 0 Å². The predicted molar refractivity (Wildman–Crippen MR) is 200 cm³/mol. The first-order valence-electron chi connectivity index (χ1n) is 21.0. The van der Waals surface area contributed by atoms with Gasteiger partial charge in [0.15, 0.2) is 17.5 Å². The first kappa shape index (κ1) is 19.2. The Hall–Kier alpha value is -6.65. The van der Waals surface area contributed by atoms with Gasteiger partial charge >= 0.3 is 0 Å². The van der Waals surface area contributed by atoms with Crippen LogP contribution in [0, 0.1) is 0 Å². The fourth-order valence-corrected chi connectivity index (χ4v) is 5.78. The summed E-state index contributed by atoms with van der Waals surface area (Å²) in [5, 5.41) is -0.388. The van der Waals surface area contributed by atoms with Crippen molar-refractivity contribution in [3.63, 3.8) is 0 Å². The van der Waals surface area contributed by atoms with Crippen molar-refractivity contribution >= 4 is 21.9 Å². The zero-order valence-corrected chi connectivity index (χ0v) is 25.6. The van der Waals surface area contributed by atoms with Crippen LogP contribution in [0.4, 0.5) is 0 Å². The summed E-state index contributed by atoms with van der Waals surface area (Å²) < 4.78 is 102. The minimum absolute atomic E-state index is 0.108. The van der Waals surface area contributed by atoms with E-state index in [1.807, 2.05) is 72.8 Å². The number of benzene rings is 7. The van der Waals surface area contributed by atoms with Crippen LogP contribution in [0.3, 0.4) is 0 Å². The number of aromatic nitrogens is 3. The van der Waals surface area contributed by atoms with Gasteiger partial charge in [-0.2, -0.15) is 0 Å². The molecule has 0 aliphatic carbocycles. The van der Waals surface area contributed by atoms with Gasteiger partial charge in [-0.1, -0.05) is 151 Å². The summed E-state index contributed by atoms with van der Waals surface area (Å²) in [5.74, 6) is 0.358. The SMILES string of the molecule is [2H]c1c([2H])c([2H])c(-c2c([2H])c([2H])c([2H])c3oc4c([2H])c(-c5nc(-c6ccccc6)nc(-c6ccc(-c7cccc(-c8ccccc8)c7)cc6)n5)c([2H])c([2H])c4c23)c([2H])c1[2H]. The third-order valence-electron chi connectivity index (χ3n) is 8.16. The van der Waals surface area contributed by atoms with Gasteiger partial charge in [-0.25, -0.2) is 15.0 Å². The van der Waals surface area contributed by atoms with Crippen LogP contribution in [0.5, 0.6) is 0 Å². The maximum absolute atomic E-state index is 9.42. The van der Waals surface area contributed by atoms with E-state index in [9.17, 15) is 4.11 Å². The van der Waals surface area contributed by atoms with Crippen LogP contribution in [0.1, 0.15) is 15.1 Å². The monoisotopic (exact) mass is 638 g/mol. The zero-order valence-electron chi connectivity index (χ0n) is 36.6. The standard InChI is InChI=1S/C45H29N3O/c1-4-12-30(13-5-1)35-18-10-19-36(28-35)31-22-24-34(25-23-31)44-46-43(33-16-8-3-9-17-33)47-45(48-44)37-26-27-39-41(29-37)49-40-21-11-20-38(42(39)40)32-14-6-2-7-15-32/h1-29H/i2D,6D,7D,11D,14D,15D,20D,21D,26D,27D,29D. The van der Waals surface area contributed by atoms with Gasteiger partial charge in [0.1, 0.15) is 11.2 Å². The Morgan fingerprint density at radius 1 is 0.408 bits per heavy atom. The Labute approximate surface area is 299 Å². The van der Waals surface area contributed by atoms with Crippen molar-refractivity contribution in [3.05, 3.63) is 176 Å². The van der Waals surface area contributed by atoms with E-state index in [-0.39, 0.29) is 50.5 Å². The summed E-state index contributed by atoms with van der Waals surface area (Å²) in [6.45, 7) is 0. The van der Waals surface area contributed by atoms with E-state index in [0.29, 0.717) is 11.1 Å². The van der Waals surface area contributed by atoms with Crippen molar-refractivity contribution in [2.24, 2.45) is 0 Å². The lowest BCUT2D eigenvalue weighted by atomic mass is 9.98. The molecule has 0 atom stereocenters. The lowest BCUT2D eigenvalue weighted by Gasteiger charge is -2.10. The van der Waals surface area contributed by atoms with Crippen molar-refractivity contribution in [3.8, 4) is 67.5 Å². The smallest absolute Gasteiger partial charge is 0.164 e. The first-order chi connectivity index (χ1) is 28.8. The second-order valence-electron chi connectivity index (χ2n) is 11.2. The average molecular weight is 639 g/mol. The molecule has 0 N–H and O–H groups in total. The van der Waals surface area contributed by atoms with Gasteiger partial charge in [0.25, 0.3) is 0 Å². The molecule has 0 aliphatic heterocycles. The molecule has 9 rings (SSSR count). The highest BCUT2D eigenvalue weighted by atomic mass is 16.3. The summed E-state index contributed by atoms with van der Waals surface area (Å²) in [5.41, 5.74) is 3.76. The van der Waals surface area contributed by atoms with Gasteiger partial charge in [0, 0.05) is 27.5 Å². The lowest BCUT2D eigenvalue weighted by molar-refractivity contribution is 0.669.